The molecule has 2 aromatic carbocycles. The van der Waals surface area contributed by atoms with Gasteiger partial charge >= 0.3 is 0 Å². The molecule has 0 radical (unpaired) electrons. The number of carbonyl (C=O) groups is 2. The first-order valence-electron chi connectivity index (χ1n) is 10.1. The standard InChI is InChI=1S/C23H28N4O2.HI/c1-24-23(25-15-16-27-21(28)13-8-14-22(27)29)26-17-20(18-9-4-2-5-10-18)19-11-6-3-7-12-19;/h2-7,9-12,20H,8,13-17H2,1H3,(H2,24,25,26);1H. The summed E-state index contributed by atoms with van der Waals surface area (Å²) in [6.45, 7) is 1.51. The number of guanidine groups is 1. The van der Waals surface area contributed by atoms with Crippen molar-refractivity contribution in [2.24, 2.45) is 4.99 Å². The van der Waals surface area contributed by atoms with Crippen LogP contribution in [0.5, 0.6) is 0 Å². The Morgan fingerprint density at radius 1 is 0.933 bits per heavy atom. The van der Waals surface area contributed by atoms with Crippen LogP contribution in [0.1, 0.15) is 36.3 Å². The number of nitrogens with zero attached hydrogens (tertiary/aromatic N) is 2. The Hall–Kier alpha value is -2.42. The predicted octanol–water partition coefficient (Wildman–Crippen LogP) is 3.14. The molecule has 1 saturated heterocycles. The zero-order valence-corrected chi connectivity index (χ0v) is 19.5. The number of halogens is 1. The van der Waals surface area contributed by atoms with Gasteiger partial charge in [-0.15, -0.1) is 24.0 Å². The molecule has 0 spiro atoms. The van der Waals surface area contributed by atoms with E-state index >= 15 is 0 Å². The van der Waals surface area contributed by atoms with E-state index in [1.165, 1.54) is 16.0 Å². The molecule has 7 heteroatoms. The van der Waals surface area contributed by atoms with E-state index in [9.17, 15) is 9.59 Å². The molecular weight excluding hydrogens is 491 g/mol. The lowest BCUT2D eigenvalue weighted by atomic mass is 9.91. The summed E-state index contributed by atoms with van der Waals surface area (Å²) in [5.74, 6) is 0.665. The van der Waals surface area contributed by atoms with Crippen LogP contribution in [0.4, 0.5) is 0 Å². The number of amides is 2. The Balaban J connectivity index is 0.00000320. The molecule has 1 fully saturated rings. The molecule has 30 heavy (non-hydrogen) atoms. The van der Waals surface area contributed by atoms with Gasteiger partial charge in [-0.1, -0.05) is 60.7 Å². The SMILES string of the molecule is CN=C(NCCN1C(=O)CCCC1=O)NCC(c1ccccc1)c1ccccc1.I. The van der Waals surface area contributed by atoms with Crippen LogP contribution in [0.2, 0.25) is 0 Å². The molecule has 160 valence electrons. The fraction of sp³-hybridized carbons (Fsp3) is 0.348. The molecule has 3 rings (SSSR count). The minimum Gasteiger partial charge on any atom is -0.355 e. The molecule has 0 atom stereocenters. The molecule has 0 saturated carbocycles. The van der Waals surface area contributed by atoms with Crippen molar-refractivity contribution in [3.8, 4) is 0 Å². The third kappa shape index (κ3) is 6.55. The molecule has 1 aliphatic rings. The van der Waals surface area contributed by atoms with Crippen LogP contribution in [-0.4, -0.2) is 49.4 Å². The van der Waals surface area contributed by atoms with Gasteiger partial charge < -0.3 is 10.6 Å². The first-order valence-corrected chi connectivity index (χ1v) is 10.1. The fourth-order valence-corrected chi connectivity index (χ4v) is 3.55. The third-order valence-electron chi connectivity index (χ3n) is 5.11. The quantitative estimate of drug-likeness (QED) is 0.255. The van der Waals surface area contributed by atoms with E-state index in [1.807, 2.05) is 36.4 Å². The van der Waals surface area contributed by atoms with Gasteiger partial charge in [-0.3, -0.25) is 19.5 Å². The van der Waals surface area contributed by atoms with Crippen LogP contribution in [0.3, 0.4) is 0 Å². The Labute approximate surface area is 195 Å². The number of aliphatic imine (C=N–C) groups is 1. The van der Waals surface area contributed by atoms with E-state index in [-0.39, 0.29) is 41.7 Å². The predicted molar refractivity (Wildman–Crippen MR) is 130 cm³/mol. The van der Waals surface area contributed by atoms with E-state index in [0.717, 1.165) is 0 Å². The summed E-state index contributed by atoms with van der Waals surface area (Å²) < 4.78 is 0. The van der Waals surface area contributed by atoms with E-state index in [4.69, 9.17) is 0 Å². The molecule has 1 aliphatic heterocycles. The summed E-state index contributed by atoms with van der Waals surface area (Å²) in [5, 5.41) is 6.59. The zero-order chi connectivity index (χ0) is 20.5. The smallest absolute Gasteiger partial charge is 0.229 e. The number of nitrogens with one attached hydrogen (secondary N) is 2. The Morgan fingerprint density at radius 3 is 1.97 bits per heavy atom. The van der Waals surface area contributed by atoms with Crippen LogP contribution in [0, 0.1) is 0 Å². The highest BCUT2D eigenvalue weighted by atomic mass is 127. The number of likely N-dealkylation sites (tertiary alicyclic amines) is 1. The summed E-state index contributed by atoms with van der Waals surface area (Å²) in [5.41, 5.74) is 2.46. The highest BCUT2D eigenvalue weighted by molar-refractivity contribution is 14.0. The van der Waals surface area contributed by atoms with Crippen LogP contribution < -0.4 is 10.6 Å². The molecule has 0 bridgehead atoms. The van der Waals surface area contributed by atoms with Gasteiger partial charge in [0.1, 0.15) is 0 Å². The highest BCUT2D eigenvalue weighted by Gasteiger charge is 2.25. The van der Waals surface area contributed by atoms with Crippen molar-refractivity contribution in [1.29, 1.82) is 0 Å². The van der Waals surface area contributed by atoms with E-state index in [0.29, 0.717) is 44.9 Å². The van der Waals surface area contributed by atoms with Crippen LogP contribution >= 0.6 is 24.0 Å². The first-order chi connectivity index (χ1) is 14.2. The number of rotatable bonds is 7. The molecule has 0 unspecified atom stereocenters. The average Bonchev–Trinajstić information content (AvgIpc) is 2.76. The van der Waals surface area contributed by atoms with Crippen molar-refractivity contribution in [2.45, 2.75) is 25.2 Å². The molecule has 0 aliphatic carbocycles. The Kier molecular flexibility index (Phi) is 9.79. The van der Waals surface area contributed by atoms with E-state index in [1.54, 1.807) is 7.05 Å². The lowest BCUT2D eigenvalue weighted by Gasteiger charge is -2.25. The van der Waals surface area contributed by atoms with Crippen molar-refractivity contribution < 1.29 is 9.59 Å². The molecule has 2 aromatic rings. The molecule has 1 heterocycles. The van der Waals surface area contributed by atoms with Gasteiger partial charge in [-0.05, 0) is 17.5 Å². The summed E-state index contributed by atoms with van der Waals surface area (Å²) >= 11 is 0. The Morgan fingerprint density at radius 2 is 1.47 bits per heavy atom. The fourth-order valence-electron chi connectivity index (χ4n) is 3.55. The highest BCUT2D eigenvalue weighted by Crippen LogP contribution is 2.23. The molecule has 6 nitrogen and oxygen atoms in total. The first kappa shape index (κ1) is 23.9. The average molecular weight is 520 g/mol. The Bertz CT molecular complexity index is 787. The topological polar surface area (TPSA) is 73.8 Å². The van der Waals surface area contributed by atoms with Gasteiger partial charge in [0.2, 0.25) is 11.8 Å². The molecule has 2 amide bonds. The summed E-state index contributed by atoms with van der Waals surface area (Å²) in [6, 6.07) is 20.7. The molecule has 2 N–H and O–H groups in total. The number of piperidine rings is 1. The maximum absolute atomic E-state index is 11.9. The minimum absolute atomic E-state index is 0. The maximum atomic E-state index is 11.9. The van der Waals surface area contributed by atoms with Crippen molar-refractivity contribution in [1.82, 2.24) is 15.5 Å². The lowest BCUT2D eigenvalue weighted by molar-refractivity contribution is -0.147. The van der Waals surface area contributed by atoms with Gasteiger partial charge in [0.15, 0.2) is 5.96 Å². The zero-order valence-electron chi connectivity index (χ0n) is 17.2. The lowest BCUT2D eigenvalue weighted by Crippen LogP contribution is -2.47. The van der Waals surface area contributed by atoms with Gasteiger partial charge in [0, 0.05) is 45.4 Å². The number of hydrogen-bond donors (Lipinski definition) is 2. The number of hydrogen-bond acceptors (Lipinski definition) is 3. The van der Waals surface area contributed by atoms with Crippen molar-refractivity contribution >= 4 is 41.8 Å². The van der Waals surface area contributed by atoms with Gasteiger partial charge in [-0.25, -0.2) is 0 Å². The van der Waals surface area contributed by atoms with Crippen LogP contribution in [-0.2, 0) is 9.59 Å². The van der Waals surface area contributed by atoms with Crippen LogP contribution in [0.25, 0.3) is 0 Å². The largest absolute Gasteiger partial charge is 0.355 e. The monoisotopic (exact) mass is 520 g/mol. The second-order valence-corrected chi connectivity index (χ2v) is 7.05. The second-order valence-electron chi connectivity index (χ2n) is 7.05. The summed E-state index contributed by atoms with van der Waals surface area (Å²) in [7, 11) is 1.71. The van der Waals surface area contributed by atoms with Gasteiger partial charge in [-0.2, -0.15) is 0 Å². The minimum atomic E-state index is -0.0841. The summed E-state index contributed by atoms with van der Waals surface area (Å²) in [6.07, 6.45) is 1.56. The molecular formula is C23H29IN4O2. The summed E-state index contributed by atoms with van der Waals surface area (Å²) in [4.78, 5) is 29.4. The van der Waals surface area contributed by atoms with Crippen LogP contribution in [0.15, 0.2) is 65.7 Å². The second kappa shape index (κ2) is 12.3. The van der Waals surface area contributed by atoms with Gasteiger partial charge in [0.25, 0.3) is 0 Å². The van der Waals surface area contributed by atoms with Crippen molar-refractivity contribution in [2.75, 3.05) is 26.7 Å². The van der Waals surface area contributed by atoms with E-state index in [2.05, 4.69) is 39.9 Å². The van der Waals surface area contributed by atoms with Gasteiger partial charge in [0.05, 0.1) is 0 Å². The molecule has 0 aromatic heterocycles. The van der Waals surface area contributed by atoms with Crippen molar-refractivity contribution in [3.05, 3.63) is 71.8 Å². The number of carbonyl (C=O) groups excluding carboxylic acids is 2. The third-order valence-corrected chi connectivity index (χ3v) is 5.11. The maximum Gasteiger partial charge on any atom is 0.229 e. The number of benzene rings is 2. The normalized spacial score (nSPS) is 14.5. The number of imide groups is 1. The van der Waals surface area contributed by atoms with Crippen molar-refractivity contribution in [3.63, 3.8) is 0 Å². The van der Waals surface area contributed by atoms with E-state index < -0.39 is 0 Å².